The third kappa shape index (κ3) is 1.69. The predicted molar refractivity (Wildman–Crippen MR) is 74.4 cm³/mol. The van der Waals surface area contributed by atoms with Crippen molar-refractivity contribution in [3.05, 3.63) is 29.3 Å². The van der Waals surface area contributed by atoms with E-state index in [9.17, 15) is 4.79 Å². The minimum absolute atomic E-state index is 0.0609. The van der Waals surface area contributed by atoms with Gasteiger partial charge in [-0.1, -0.05) is 39.8 Å². The van der Waals surface area contributed by atoms with Gasteiger partial charge in [-0.3, -0.25) is 4.79 Å². The Morgan fingerprint density at radius 1 is 1.22 bits per heavy atom. The van der Waals surface area contributed by atoms with E-state index in [-0.39, 0.29) is 22.8 Å². The number of amides is 1. The number of carbonyl (C=O) groups is 1. The molecular weight excluding hydrogens is 224 g/mol. The molecule has 98 valence electrons. The van der Waals surface area contributed by atoms with Crippen molar-refractivity contribution in [3.8, 4) is 0 Å². The maximum Gasteiger partial charge on any atom is 0.253 e. The van der Waals surface area contributed by atoms with Gasteiger partial charge in [0.15, 0.2) is 0 Å². The average molecular weight is 246 g/mol. The highest BCUT2D eigenvalue weighted by Crippen LogP contribution is 2.62. The molecule has 0 heterocycles. The molecule has 0 radical (unpaired) electrons. The molecule has 18 heavy (non-hydrogen) atoms. The van der Waals surface area contributed by atoms with Crippen LogP contribution in [0.25, 0.3) is 0 Å². The highest BCUT2D eigenvalue weighted by molar-refractivity contribution is 6.01. The Kier molecular flexibility index (Phi) is 2.69. The molecule has 0 saturated heterocycles. The largest absolute Gasteiger partial charge is 0.398 e. The Balaban J connectivity index is 2.20. The molecule has 1 aromatic rings. The Bertz CT molecular complexity index is 469. The fourth-order valence-electron chi connectivity index (χ4n) is 2.76. The zero-order valence-electron chi connectivity index (χ0n) is 11.8. The zero-order chi connectivity index (χ0) is 13.7. The van der Waals surface area contributed by atoms with E-state index < -0.39 is 0 Å². The summed E-state index contributed by atoms with van der Waals surface area (Å²) >= 11 is 0. The molecule has 1 aliphatic rings. The van der Waals surface area contributed by atoms with Crippen LogP contribution in [0, 0.1) is 17.8 Å². The first-order chi connectivity index (χ1) is 8.19. The minimum Gasteiger partial charge on any atom is -0.398 e. The van der Waals surface area contributed by atoms with E-state index >= 15 is 0 Å². The van der Waals surface area contributed by atoms with E-state index in [0.717, 1.165) is 5.56 Å². The lowest BCUT2D eigenvalue weighted by Gasteiger charge is -2.11. The van der Waals surface area contributed by atoms with Crippen molar-refractivity contribution in [2.75, 3.05) is 5.73 Å². The number of carbonyl (C=O) groups excluding carboxylic acids is 1. The highest BCUT2D eigenvalue weighted by Gasteiger charge is 2.65. The number of nitrogen functional groups attached to an aromatic ring is 1. The molecule has 0 atom stereocenters. The topological polar surface area (TPSA) is 55.1 Å². The van der Waals surface area contributed by atoms with Crippen molar-refractivity contribution in [2.24, 2.45) is 10.8 Å². The van der Waals surface area contributed by atoms with Crippen molar-refractivity contribution in [2.45, 2.75) is 40.7 Å². The summed E-state index contributed by atoms with van der Waals surface area (Å²) in [6, 6.07) is 5.75. The molecule has 2 rings (SSSR count). The number of rotatable bonds is 2. The van der Waals surface area contributed by atoms with Crippen LogP contribution in [0.3, 0.4) is 0 Å². The predicted octanol–water partition coefficient (Wildman–Crippen LogP) is 2.74. The molecular formula is C15H22N2O. The second-order valence-corrected chi connectivity index (χ2v) is 6.39. The van der Waals surface area contributed by atoms with Crippen molar-refractivity contribution >= 4 is 11.6 Å². The summed E-state index contributed by atoms with van der Waals surface area (Å²) in [6.07, 6.45) is 0. The molecule has 3 N–H and O–H groups in total. The van der Waals surface area contributed by atoms with Gasteiger partial charge >= 0.3 is 0 Å². The summed E-state index contributed by atoms with van der Waals surface area (Å²) < 4.78 is 0. The third-order valence-electron chi connectivity index (χ3n) is 4.83. The first kappa shape index (κ1) is 12.9. The molecule has 3 nitrogen and oxygen atoms in total. The Labute approximate surface area is 109 Å². The van der Waals surface area contributed by atoms with Crippen LogP contribution in [0.15, 0.2) is 18.2 Å². The average Bonchev–Trinajstić information content (AvgIpc) is 2.60. The zero-order valence-corrected chi connectivity index (χ0v) is 11.8. The van der Waals surface area contributed by atoms with E-state index in [4.69, 9.17) is 5.73 Å². The number of benzene rings is 1. The fourth-order valence-corrected chi connectivity index (χ4v) is 2.76. The summed E-state index contributed by atoms with van der Waals surface area (Å²) in [5.74, 6) is -0.0609. The van der Waals surface area contributed by atoms with Gasteiger partial charge in [0.1, 0.15) is 0 Å². The molecule has 0 aromatic heterocycles. The third-order valence-corrected chi connectivity index (χ3v) is 4.83. The molecule has 0 unspecified atom stereocenters. The van der Waals surface area contributed by atoms with Gasteiger partial charge < -0.3 is 11.1 Å². The summed E-state index contributed by atoms with van der Waals surface area (Å²) in [5, 5.41) is 3.11. The van der Waals surface area contributed by atoms with Crippen LogP contribution in [-0.2, 0) is 0 Å². The molecule has 1 amide bonds. The lowest BCUT2D eigenvalue weighted by molar-refractivity contribution is 0.0944. The maximum atomic E-state index is 12.3. The minimum atomic E-state index is -0.0609. The van der Waals surface area contributed by atoms with Crippen molar-refractivity contribution < 1.29 is 4.79 Å². The maximum absolute atomic E-state index is 12.3. The standard InChI is InChI=1S/C15H22N2O/c1-9-7-6-8-10(16)11(9)12(18)17-13-14(2,3)15(13,4)5/h6-8,13H,16H2,1-5H3,(H,17,18). The first-order valence-electron chi connectivity index (χ1n) is 6.35. The van der Waals surface area contributed by atoms with E-state index in [1.807, 2.05) is 19.1 Å². The van der Waals surface area contributed by atoms with Gasteiger partial charge in [-0.25, -0.2) is 0 Å². The van der Waals surface area contributed by atoms with Crippen LogP contribution in [0.1, 0.15) is 43.6 Å². The highest BCUT2D eigenvalue weighted by atomic mass is 16.1. The fraction of sp³-hybridized carbons (Fsp3) is 0.533. The van der Waals surface area contributed by atoms with E-state index in [2.05, 4.69) is 33.0 Å². The first-order valence-corrected chi connectivity index (χ1v) is 6.35. The summed E-state index contributed by atoms with van der Waals surface area (Å²) in [5.41, 5.74) is 8.24. The van der Waals surface area contributed by atoms with Crippen LogP contribution in [0.4, 0.5) is 5.69 Å². The second-order valence-electron chi connectivity index (χ2n) is 6.39. The Morgan fingerprint density at radius 3 is 2.22 bits per heavy atom. The lowest BCUT2D eigenvalue weighted by atomic mass is 10.0. The molecule has 1 aliphatic carbocycles. The van der Waals surface area contributed by atoms with Gasteiger partial charge in [0.2, 0.25) is 0 Å². The summed E-state index contributed by atoms with van der Waals surface area (Å²) in [4.78, 5) is 12.3. The van der Waals surface area contributed by atoms with Gasteiger partial charge in [-0.05, 0) is 29.4 Å². The summed E-state index contributed by atoms with van der Waals surface area (Å²) in [7, 11) is 0. The Hall–Kier alpha value is -1.51. The van der Waals surface area contributed by atoms with Crippen LogP contribution < -0.4 is 11.1 Å². The number of nitrogens with two attached hydrogens (primary N) is 1. The second kappa shape index (κ2) is 3.74. The van der Waals surface area contributed by atoms with E-state index in [0.29, 0.717) is 11.3 Å². The molecule has 1 fully saturated rings. The van der Waals surface area contributed by atoms with Crippen molar-refractivity contribution in [1.82, 2.24) is 5.32 Å². The van der Waals surface area contributed by atoms with Gasteiger partial charge in [-0.2, -0.15) is 0 Å². The quantitative estimate of drug-likeness (QED) is 0.788. The molecule has 1 saturated carbocycles. The lowest BCUT2D eigenvalue weighted by Crippen LogP contribution is -2.31. The monoisotopic (exact) mass is 246 g/mol. The molecule has 1 aromatic carbocycles. The number of nitrogens with one attached hydrogen (secondary N) is 1. The van der Waals surface area contributed by atoms with Gasteiger partial charge in [0, 0.05) is 11.7 Å². The van der Waals surface area contributed by atoms with Crippen LogP contribution >= 0.6 is 0 Å². The Morgan fingerprint density at radius 2 is 1.78 bits per heavy atom. The van der Waals surface area contributed by atoms with Gasteiger partial charge in [-0.15, -0.1) is 0 Å². The normalized spacial score (nSPS) is 20.5. The molecule has 0 spiro atoms. The number of hydrogen-bond donors (Lipinski definition) is 2. The molecule has 0 bridgehead atoms. The SMILES string of the molecule is Cc1cccc(N)c1C(=O)NC1C(C)(C)C1(C)C. The van der Waals surface area contributed by atoms with E-state index in [1.165, 1.54) is 0 Å². The number of hydrogen-bond acceptors (Lipinski definition) is 2. The summed E-state index contributed by atoms with van der Waals surface area (Å²) in [6.45, 7) is 10.6. The number of anilines is 1. The van der Waals surface area contributed by atoms with Crippen LogP contribution in [0.5, 0.6) is 0 Å². The molecule has 3 heteroatoms. The van der Waals surface area contributed by atoms with Crippen LogP contribution in [-0.4, -0.2) is 11.9 Å². The van der Waals surface area contributed by atoms with Gasteiger partial charge in [0.05, 0.1) is 5.56 Å². The van der Waals surface area contributed by atoms with Crippen molar-refractivity contribution in [1.29, 1.82) is 0 Å². The smallest absolute Gasteiger partial charge is 0.253 e. The molecule has 0 aliphatic heterocycles. The van der Waals surface area contributed by atoms with Crippen molar-refractivity contribution in [3.63, 3.8) is 0 Å². The number of aryl methyl sites for hydroxylation is 1. The van der Waals surface area contributed by atoms with Crippen LogP contribution in [0.2, 0.25) is 0 Å². The van der Waals surface area contributed by atoms with E-state index in [1.54, 1.807) is 6.07 Å². The van der Waals surface area contributed by atoms with Gasteiger partial charge in [0.25, 0.3) is 5.91 Å².